The molecular weight excluding hydrogens is 437 g/mol. The molecule has 3 N–H and O–H groups in total. The molecule has 1 atom stereocenters. The molecule has 0 radical (unpaired) electrons. The van der Waals surface area contributed by atoms with E-state index in [2.05, 4.69) is 25.2 Å². The van der Waals surface area contributed by atoms with Gasteiger partial charge in [-0.15, -0.1) is 11.3 Å². The lowest BCUT2D eigenvalue weighted by atomic mass is 10.1. The quantitative estimate of drug-likeness (QED) is 0.494. The van der Waals surface area contributed by atoms with Gasteiger partial charge >= 0.3 is 0 Å². The lowest BCUT2D eigenvalue weighted by Gasteiger charge is -2.23. The third-order valence-corrected chi connectivity index (χ3v) is 7.28. The van der Waals surface area contributed by atoms with Crippen molar-refractivity contribution in [3.05, 3.63) is 58.7 Å². The molecule has 1 fully saturated rings. The molecule has 2 heterocycles. The Morgan fingerprint density at radius 1 is 1.19 bits per heavy atom. The highest BCUT2D eigenvalue weighted by molar-refractivity contribution is 7.92. The van der Waals surface area contributed by atoms with E-state index in [-0.39, 0.29) is 10.7 Å². The Morgan fingerprint density at radius 2 is 2.00 bits per heavy atom. The molecule has 0 bridgehead atoms. The number of benzene rings is 2. The number of halogens is 1. The summed E-state index contributed by atoms with van der Waals surface area (Å²) in [5.74, 6) is 0.00558. The Balaban J connectivity index is 1.58. The molecule has 1 saturated heterocycles. The van der Waals surface area contributed by atoms with Gasteiger partial charge in [0.2, 0.25) is 0 Å². The fourth-order valence-corrected chi connectivity index (χ4v) is 5.28. The minimum absolute atomic E-state index is 0.152. The molecule has 31 heavy (non-hydrogen) atoms. The molecule has 2 aromatic carbocycles. The molecule has 0 amide bonds. The third kappa shape index (κ3) is 4.81. The van der Waals surface area contributed by atoms with E-state index in [1.165, 1.54) is 23.5 Å². The van der Waals surface area contributed by atoms with E-state index in [0.717, 1.165) is 42.1 Å². The zero-order valence-electron chi connectivity index (χ0n) is 17.2. The number of nitrogens with one attached hydrogen (secondary N) is 3. The van der Waals surface area contributed by atoms with Crippen LogP contribution < -0.4 is 20.3 Å². The van der Waals surface area contributed by atoms with E-state index in [0.29, 0.717) is 11.9 Å². The molecule has 3 aromatic rings. The molecule has 1 aliphatic heterocycles. The fourth-order valence-electron chi connectivity index (χ4n) is 3.64. The first-order chi connectivity index (χ1) is 14.9. The van der Waals surface area contributed by atoms with E-state index < -0.39 is 10.0 Å². The van der Waals surface area contributed by atoms with E-state index in [1.807, 2.05) is 14.0 Å². The number of anilines is 4. The number of sulfonamides is 1. The van der Waals surface area contributed by atoms with E-state index in [4.69, 9.17) is 0 Å². The number of rotatable bonds is 7. The first-order valence-corrected chi connectivity index (χ1v) is 12.3. The van der Waals surface area contributed by atoms with Crippen molar-refractivity contribution in [1.82, 2.24) is 10.3 Å². The predicted molar refractivity (Wildman–Crippen MR) is 123 cm³/mol. The van der Waals surface area contributed by atoms with Crippen molar-refractivity contribution in [3.63, 3.8) is 0 Å². The summed E-state index contributed by atoms with van der Waals surface area (Å²) >= 11 is 1.31. The number of hydrogen-bond donors (Lipinski definition) is 3. The van der Waals surface area contributed by atoms with Crippen LogP contribution in [0, 0.1) is 12.7 Å². The Hall–Kier alpha value is -2.69. The standard InChI is InChI=1S/C21H24FN5O2S2/c1-14-9-17(31(28,29)26-21-12-30-13-24-21)4-6-18(14)25-19-5-3-15(22)10-20(19)27-8-7-16(11-27)23-2/h3-6,9-10,12-13,16,23,25-26H,7-8,11H2,1-2H3. The van der Waals surface area contributed by atoms with Crippen LogP contribution in [0.1, 0.15) is 12.0 Å². The third-order valence-electron chi connectivity index (χ3n) is 5.35. The van der Waals surface area contributed by atoms with Crippen molar-refractivity contribution in [3.8, 4) is 0 Å². The summed E-state index contributed by atoms with van der Waals surface area (Å²) in [6.07, 6.45) is 0.990. The van der Waals surface area contributed by atoms with Gasteiger partial charge < -0.3 is 15.5 Å². The van der Waals surface area contributed by atoms with Crippen LogP contribution in [0.3, 0.4) is 0 Å². The molecular formula is C21H24FN5O2S2. The van der Waals surface area contributed by atoms with Crippen LogP contribution in [-0.4, -0.2) is 39.6 Å². The first kappa shape index (κ1) is 21.5. The Morgan fingerprint density at radius 3 is 2.68 bits per heavy atom. The first-order valence-electron chi connectivity index (χ1n) is 9.86. The SMILES string of the molecule is CNC1CCN(c2cc(F)ccc2Nc2ccc(S(=O)(=O)Nc3cscn3)cc2C)C1. The minimum atomic E-state index is -3.73. The smallest absolute Gasteiger partial charge is 0.263 e. The highest BCUT2D eigenvalue weighted by Gasteiger charge is 2.24. The summed E-state index contributed by atoms with van der Waals surface area (Å²) in [7, 11) is -1.80. The number of likely N-dealkylation sites (N-methyl/N-ethyl adjacent to an activating group) is 1. The van der Waals surface area contributed by atoms with E-state index in [9.17, 15) is 12.8 Å². The predicted octanol–water partition coefficient (Wildman–Crippen LogP) is 3.93. The van der Waals surface area contributed by atoms with Crippen LogP contribution >= 0.6 is 11.3 Å². The zero-order chi connectivity index (χ0) is 22.0. The van der Waals surface area contributed by atoms with Crippen molar-refractivity contribution in [2.24, 2.45) is 0 Å². The topological polar surface area (TPSA) is 86.4 Å². The van der Waals surface area contributed by atoms with E-state index >= 15 is 0 Å². The van der Waals surface area contributed by atoms with Crippen LogP contribution in [0.2, 0.25) is 0 Å². The molecule has 1 aliphatic rings. The van der Waals surface area contributed by atoms with Crippen molar-refractivity contribution in [2.45, 2.75) is 24.3 Å². The van der Waals surface area contributed by atoms with Crippen LogP contribution in [-0.2, 0) is 10.0 Å². The zero-order valence-corrected chi connectivity index (χ0v) is 18.9. The molecule has 1 unspecified atom stereocenters. The fraction of sp³-hybridized carbons (Fsp3) is 0.286. The number of aryl methyl sites for hydroxylation is 1. The summed E-state index contributed by atoms with van der Waals surface area (Å²) in [6.45, 7) is 3.47. The van der Waals surface area contributed by atoms with Crippen LogP contribution in [0.25, 0.3) is 0 Å². The summed E-state index contributed by atoms with van der Waals surface area (Å²) in [6, 6.07) is 9.90. The van der Waals surface area contributed by atoms with Crippen molar-refractivity contribution in [1.29, 1.82) is 0 Å². The maximum atomic E-state index is 14.0. The average Bonchev–Trinajstić information content (AvgIpc) is 3.42. The maximum Gasteiger partial charge on any atom is 0.263 e. The second-order valence-electron chi connectivity index (χ2n) is 7.46. The van der Waals surface area contributed by atoms with Gasteiger partial charge in [-0.2, -0.15) is 0 Å². The van der Waals surface area contributed by atoms with Gasteiger partial charge in [-0.05, 0) is 62.4 Å². The molecule has 7 nitrogen and oxygen atoms in total. The lowest BCUT2D eigenvalue weighted by Crippen LogP contribution is -2.29. The normalized spacial score (nSPS) is 16.5. The molecule has 4 rings (SSSR count). The van der Waals surface area contributed by atoms with Gasteiger partial charge in [0.05, 0.1) is 21.8 Å². The number of nitrogens with zero attached hydrogens (tertiary/aromatic N) is 2. The lowest BCUT2D eigenvalue weighted by molar-refractivity contribution is 0.601. The van der Waals surface area contributed by atoms with Crippen molar-refractivity contribution in [2.75, 3.05) is 35.1 Å². The van der Waals surface area contributed by atoms with Gasteiger partial charge in [0, 0.05) is 30.2 Å². The molecule has 0 aliphatic carbocycles. The largest absolute Gasteiger partial charge is 0.368 e. The van der Waals surface area contributed by atoms with E-state index in [1.54, 1.807) is 35.2 Å². The van der Waals surface area contributed by atoms with Crippen molar-refractivity contribution < 1.29 is 12.8 Å². The monoisotopic (exact) mass is 461 g/mol. The molecule has 0 spiro atoms. The Kier molecular flexibility index (Phi) is 6.12. The maximum absolute atomic E-state index is 14.0. The minimum Gasteiger partial charge on any atom is -0.368 e. The van der Waals surface area contributed by atoms with Crippen LogP contribution in [0.15, 0.2) is 52.2 Å². The Labute approximate surface area is 185 Å². The van der Waals surface area contributed by atoms with Gasteiger partial charge in [0.15, 0.2) is 5.82 Å². The van der Waals surface area contributed by atoms with Gasteiger partial charge in [0.25, 0.3) is 10.0 Å². The van der Waals surface area contributed by atoms with Crippen LogP contribution in [0.4, 0.5) is 27.3 Å². The average molecular weight is 462 g/mol. The molecule has 164 valence electrons. The van der Waals surface area contributed by atoms with Gasteiger partial charge in [-0.1, -0.05) is 0 Å². The summed E-state index contributed by atoms with van der Waals surface area (Å²) in [5.41, 5.74) is 4.64. The summed E-state index contributed by atoms with van der Waals surface area (Å²) in [4.78, 5) is 6.27. The molecule has 10 heteroatoms. The highest BCUT2D eigenvalue weighted by Crippen LogP contribution is 2.33. The second-order valence-corrected chi connectivity index (χ2v) is 9.86. The molecule has 1 aromatic heterocycles. The van der Waals surface area contributed by atoms with Gasteiger partial charge in [-0.25, -0.2) is 17.8 Å². The highest BCUT2D eigenvalue weighted by atomic mass is 32.2. The van der Waals surface area contributed by atoms with Gasteiger partial charge in [-0.3, -0.25) is 4.72 Å². The van der Waals surface area contributed by atoms with Gasteiger partial charge in [0.1, 0.15) is 5.82 Å². The number of thiazole rings is 1. The summed E-state index contributed by atoms with van der Waals surface area (Å²) in [5, 5.41) is 8.25. The summed E-state index contributed by atoms with van der Waals surface area (Å²) < 4.78 is 41.7. The second kappa shape index (κ2) is 8.81. The Bertz CT molecular complexity index is 1170. The molecule has 0 saturated carbocycles. The van der Waals surface area contributed by atoms with Crippen molar-refractivity contribution >= 4 is 44.2 Å². The number of hydrogen-bond acceptors (Lipinski definition) is 7. The van der Waals surface area contributed by atoms with Crippen LogP contribution in [0.5, 0.6) is 0 Å². The number of aromatic nitrogens is 1.